The highest BCUT2D eigenvalue weighted by molar-refractivity contribution is 6.33. The van der Waals surface area contributed by atoms with Gasteiger partial charge in [-0.05, 0) is 31.4 Å². The van der Waals surface area contributed by atoms with Crippen molar-refractivity contribution in [1.29, 1.82) is 0 Å². The van der Waals surface area contributed by atoms with E-state index < -0.39 is 0 Å². The molecule has 0 saturated carbocycles. The monoisotopic (exact) mass is 373 g/mol. The van der Waals surface area contributed by atoms with Crippen LogP contribution in [0.4, 0.5) is 0 Å². The van der Waals surface area contributed by atoms with Crippen LogP contribution in [-0.4, -0.2) is 31.8 Å². The third-order valence-corrected chi connectivity index (χ3v) is 4.60. The summed E-state index contributed by atoms with van der Waals surface area (Å²) in [5.41, 5.74) is 3.22. The van der Waals surface area contributed by atoms with Crippen LogP contribution in [0, 0.1) is 12.8 Å². The molecule has 0 bridgehead atoms. The maximum atomic E-state index is 12.5. The SMILES string of the molecule is Cc1nn(CC(C)C)c(Cl)c1C(=O)NCCCn1cnc2ccccc21. The van der Waals surface area contributed by atoms with Crippen molar-refractivity contribution >= 4 is 28.5 Å². The minimum Gasteiger partial charge on any atom is -0.352 e. The van der Waals surface area contributed by atoms with Crippen molar-refractivity contribution < 1.29 is 4.79 Å². The molecule has 7 heteroatoms. The number of fused-ring (bicyclic) bond motifs is 1. The van der Waals surface area contributed by atoms with Crippen LogP contribution in [0.25, 0.3) is 11.0 Å². The molecular weight excluding hydrogens is 350 g/mol. The van der Waals surface area contributed by atoms with Gasteiger partial charge in [0.1, 0.15) is 5.15 Å². The van der Waals surface area contributed by atoms with Crippen LogP contribution in [0.2, 0.25) is 5.15 Å². The van der Waals surface area contributed by atoms with Gasteiger partial charge in [0.05, 0.1) is 28.6 Å². The van der Waals surface area contributed by atoms with Gasteiger partial charge in [-0.2, -0.15) is 5.10 Å². The molecule has 6 nitrogen and oxygen atoms in total. The quantitative estimate of drug-likeness (QED) is 0.642. The lowest BCUT2D eigenvalue weighted by atomic mass is 10.2. The minimum absolute atomic E-state index is 0.169. The fourth-order valence-corrected chi connectivity index (χ4v) is 3.34. The molecule has 2 heterocycles. The highest BCUT2D eigenvalue weighted by Crippen LogP contribution is 2.20. The Hall–Kier alpha value is -2.34. The number of nitrogens with zero attached hydrogens (tertiary/aromatic N) is 4. The molecule has 0 aliphatic carbocycles. The van der Waals surface area contributed by atoms with Crippen LogP contribution in [0.3, 0.4) is 0 Å². The largest absolute Gasteiger partial charge is 0.352 e. The van der Waals surface area contributed by atoms with Crippen molar-refractivity contribution in [1.82, 2.24) is 24.6 Å². The second-order valence-electron chi connectivity index (χ2n) is 6.86. The van der Waals surface area contributed by atoms with E-state index in [1.54, 1.807) is 4.68 Å². The number of hydrogen-bond donors (Lipinski definition) is 1. The van der Waals surface area contributed by atoms with E-state index in [1.807, 2.05) is 37.5 Å². The molecule has 0 spiro atoms. The average Bonchev–Trinajstić information content (AvgIpc) is 3.12. The molecule has 1 aromatic carbocycles. The van der Waals surface area contributed by atoms with Gasteiger partial charge in [0.25, 0.3) is 5.91 Å². The van der Waals surface area contributed by atoms with Gasteiger partial charge in [0.15, 0.2) is 0 Å². The number of rotatable bonds is 7. The summed E-state index contributed by atoms with van der Waals surface area (Å²) in [6.07, 6.45) is 2.65. The smallest absolute Gasteiger partial charge is 0.256 e. The maximum Gasteiger partial charge on any atom is 0.256 e. The van der Waals surface area contributed by atoms with Crippen LogP contribution >= 0.6 is 11.6 Å². The van der Waals surface area contributed by atoms with Crippen LogP contribution in [0.5, 0.6) is 0 Å². The van der Waals surface area contributed by atoms with Crippen molar-refractivity contribution in [2.75, 3.05) is 6.54 Å². The predicted octanol–water partition coefficient (Wildman–Crippen LogP) is 3.67. The molecule has 3 aromatic rings. The van der Waals surface area contributed by atoms with E-state index >= 15 is 0 Å². The van der Waals surface area contributed by atoms with Gasteiger partial charge in [-0.25, -0.2) is 4.98 Å². The molecule has 0 radical (unpaired) electrons. The van der Waals surface area contributed by atoms with Crippen LogP contribution in [-0.2, 0) is 13.1 Å². The normalized spacial score (nSPS) is 11.4. The van der Waals surface area contributed by atoms with Crippen LogP contribution in [0.15, 0.2) is 30.6 Å². The van der Waals surface area contributed by atoms with Crippen molar-refractivity contribution in [3.63, 3.8) is 0 Å². The molecule has 1 amide bonds. The zero-order valence-electron chi connectivity index (χ0n) is 15.4. The first-order valence-corrected chi connectivity index (χ1v) is 9.26. The van der Waals surface area contributed by atoms with E-state index in [-0.39, 0.29) is 5.91 Å². The summed E-state index contributed by atoms with van der Waals surface area (Å²) in [6.45, 7) is 8.05. The lowest BCUT2D eigenvalue weighted by Crippen LogP contribution is -2.26. The Balaban J connectivity index is 1.57. The van der Waals surface area contributed by atoms with Crippen molar-refractivity contribution in [2.45, 2.75) is 40.3 Å². The highest BCUT2D eigenvalue weighted by atomic mass is 35.5. The van der Waals surface area contributed by atoms with Crippen LogP contribution in [0.1, 0.15) is 36.3 Å². The van der Waals surface area contributed by atoms with E-state index in [9.17, 15) is 4.79 Å². The number of hydrogen-bond acceptors (Lipinski definition) is 3. The number of benzene rings is 1. The molecule has 1 N–H and O–H groups in total. The number of imidazole rings is 1. The molecule has 138 valence electrons. The summed E-state index contributed by atoms with van der Waals surface area (Å²) in [7, 11) is 0. The Bertz CT molecular complexity index is 912. The van der Waals surface area contributed by atoms with E-state index in [0.29, 0.717) is 35.4 Å². The predicted molar refractivity (Wildman–Crippen MR) is 103 cm³/mol. The Morgan fingerprint density at radius 3 is 2.85 bits per heavy atom. The zero-order chi connectivity index (χ0) is 18.7. The summed E-state index contributed by atoms with van der Waals surface area (Å²) in [4.78, 5) is 16.9. The summed E-state index contributed by atoms with van der Waals surface area (Å²) in [5.74, 6) is 0.241. The van der Waals surface area contributed by atoms with Gasteiger partial charge >= 0.3 is 0 Å². The molecular formula is C19H24ClN5O. The summed E-state index contributed by atoms with van der Waals surface area (Å²) >= 11 is 6.36. The molecule has 0 saturated heterocycles. The van der Waals surface area contributed by atoms with Crippen molar-refractivity contribution in [3.8, 4) is 0 Å². The van der Waals surface area contributed by atoms with E-state index in [1.165, 1.54) is 0 Å². The Morgan fingerprint density at radius 2 is 2.08 bits per heavy atom. The number of aryl methyl sites for hydroxylation is 2. The topological polar surface area (TPSA) is 64.7 Å². The number of halogens is 1. The van der Waals surface area contributed by atoms with E-state index in [2.05, 4.69) is 33.8 Å². The zero-order valence-corrected chi connectivity index (χ0v) is 16.1. The third-order valence-electron chi connectivity index (χ3n) is 4.22. The van der Waals surface area contributed by atoms with Crippen molar-refractivity contribution in [2.24, 2.45) is 5.92 Å². The van der Waals surface area contributed by atoms with Gasteiger partial charge in [-0.15, -0.1) is 0 Å². The molecule has 0 aliphatic heterocycles. The number of carbonyl (C=O) groups is 1. The summed E-state index contributed by atoms with van der Waals surface area (Å²) < 4.78 is 3.80. The summed E-state index contributed by atoms with van der Waals surface area (Å²) in [5, 5.41) is 7.74. The molecule has 0 aliphatic rings. The first kappa shape index (κ1) is 18.5. The maximum absolute atomic E-state index is 12.5. The van der Waals surface area contributed by atoms with Gasteiger partial charge in [-0.3, -0.25) is 9.48 Å². The Labute approximate surface area is 158 Å². The molecule has 0 atom stereocenters. The Morgan fingerprint density at radius 1 is 1.31 bits per heavy atom. The fourth-order valence-electron chi connectivity index (χ4n) is 3.01. The Kier molecular flexibility index (Phi) is 5.61. The van der Waals surface area contributed by atoms with Crippen molar-refractivity contribution in [3.05, 3.63) is 47.0 Å². The first-order chi connectivity index (χ1) is 12.5. The highest BCUT2D eigenvalue weighted by Gasteiger charge is 2.20. The number of amides is 1. The molecule has 2 aromatic heterocycles. The van der Waals surface area contributed by atoms with Crippen LogP contribution < -0.4 is 5.32 Å². The molecule has 3 rings (SSSR count). The lowest BCUT2D eigenvalue weighted by molar-refractivity contribution is 0.0952. The fraction of sp³-hybridized carbons (Fsp3) is 0.421. The van der Waals surface area contributed by atoms with Gasteiger partial charge < -0.3 is 9.88 Å². The van der Waals surface area contributed by atoms with E-state index in [0.717, 1.165) is 24.0 Å². The average molecular weight is 374 g/mol. The number of carbonyl (C=O) groups excluding carboxylic acids is 1. The van der Waals surface area contributed by atoms with E-state index in [4.69, 9.17) is 11.6 Å². The number of para-hydroxylation sites is 2. The second-order valence-corrected chi connectivity index (χ2v) is 7.22. The molecule has 0 fully saturated rings. The molecule has 0 unspecified atom stereocenters. The summed E-state index contributed by atoms with van der Waals surface area (Å²) in [6, 6.07) is 8.02. The standard InChI is InChI=1S/C19H24ClN5O/c1-13(2)11-25-18(20)17(14(3)23-25)19(26)21-9-6-10-24-12-22-15-7-4-5-8-16(15)24/h4-5,7-8,12-13H,6,9-11H2,1-3H3,(H,21,26). The third kappa shape index (κ3) is 3.90. The van der Waals surface area contributed by atoms with Gasteiger partial charge in [0.2, 0.25) is 0 Å². The molecule has 26 heavy (non-hydrogen) atoms. The van der Waals surface area contributed by atoms with Gasteiger partial charge in [-0.1, -0.05) is 37.6 Å². The number of aromatic nitrogens is 4. The minimum atomic E-state index is -0.169. The van der Waals surface area contributed by atoms with Gasteiger partial charge in [0, 0.05) is 19.6 Å². The number of nitrogens with one attached hydrogen (secondary N) is 1. The lowest BCUT2D eigenvalue weighted by Gasteiger charge is -2.08. The first-order valence-electron chi connectivity index (χ1n) is 8.88. The second kappa shape index (κ2) is 7.91.